The molecule has 0 aliphatic rings. The molecule has 0 saturated carbocycles. The smallest absolute Gasteiger partial charge is 0.333 e. The summed E-state index contributed by atoms with van der Waals surface area (Å²) in [4.78, 5) is 21.0. The van der Waals surface area contributed by atoms with Gasteiger partial charge in [-0.1, -0.05) is 0 Å². The van der Waals surface area contributed by atoms with Crippen molar-refractivity contribution in [3.63, 3.8) is 0 Å². The van der Waals surface area contributed by atoms with E-state index >= 15 is 0 Å². The Bertz CT molecular complexity index is 115. The van der Waals surface area contributed by atoms with Gasteiger partial charge in [0.1, 0.15) is 0 Å². The summed E-state index contributed by atoms with van der Waals surface area (Å²) in [6, 6.07) is 0. The van der Waals surface area contributed by atoms with E-state index in [1.165, 1.54) is 0 Å². The van der Waals surface area contributed by atoms with E-state index in [0.29, 0.717) is 0 Å². The number of nitrogens with zero attached hydrogens (tertiary/aromatic N) is 1. The molecule has 86 valence electrons. The summed E-state index contributed by atoms with van der Waals surface area (Å²) in [7, 11) is 6.00. The molecular weight excluding hydrogens is 251 g/mol. The van der Waals surface area contributed by atoms with Crippen molar-refractivity contribution in [3.8, 4) is 0 Å². The molecule has 0 atom stereocenters. The molecule has 0 spiro atoms. The molecule has 10 heteroatoms. The second-order valence-corrected chi connectivity index (χ2v) is 3.42. The summed E-state index contributed by atoms with van der Waals surface area (Å²) < 4.78 is 26.4. The maximum atomic E-state index is 8.46. The highest BCUT2D eigenvalue weighted by Gasteiger charge is 1.88. The Morgan fingerprint density at radius 1 is 0.786 bits per heavy atom. The minimum atomic E-state index is -0.833. The first kappa shape index (κ1) is 23.7. The molecule has 0 aliphatic carbocycles. The van der Waals surface area contributed by atoms with Crippen LogP contribution in [0.5, 0.6) is 0 Å². The molecule has 0 heterocycles. The van der Waals surface area contributed by atoms with Crippen LogP contribution in [0.2, 0.25) is 0 Å². The highest BCUT2D eigenvalue weighted by atomic mass is 31.1. The molecule has 3 N–H and O–H groups in total. The zero-order chi connectivity index (χ0) is 12.6. The van der Waals surface area contributed by atoms with Crippen LogP contribution in [-0.2, 0) is 13.7 Å². The van der Waals surface area contributed by atoms with Crippen molar-refractivity contribution in [2.24, 2.45) is 0 Å². The van der Waals surface area contributed by atoms with Crippen LogP contribution in [-0.4, -0.2) is 47.4 Å². The van der Waals surface area contributed by atoms with E-state index in [4.69, 9.17) is 28.4 Å². The van der Waals surface area contributed by atoms with Crippen LogP contribution >= 0.6 is 26.1 Å². The summed E-state index contributed by atoms with van der Waals surface area (Å²) in [6.45, 7) is 0. The molecule has 0 aliphatic heterocycles. The molecule has 0 aromatic carbocycles. The molecule has 0 unspecified atom stereocenters. The zero-order valence-electron chi connectivity index (χ0n) is 10.4. The van der Waals surface area contributed by atoms with Gasteiger partial charge in [-0.25, -0.2) is 13.7 Å². The molecule has 14 heavy (non-hydrogen) atoms. The minimum absolute atomic E-state index is 0. The Hall–Kier alpha value is 0.140. The van der Waals surface area contributed by atoms with Crippen LogP contribution in [0.4, 0.5) is 0 Å². The van der Waals surface area contributed by atoms with Gasteiger partial charge in [-0.2, -0.15) is 0 Å². The minimum Gasteiger partial charge on any atom is -0.333 e. The fourth-order valence-electron chi connectivity index (χ4n) is 0. The fourth-order valence-corrected chi connectivity index (χ4v) is 0. The Morgan fingerprint density at radius 3 is 0.786 bits per heavy atom. The second-order valence-electron chi connectivity index (χ2n) is 2.93. The predicted molar refractivity (Wildman–Crippen MR) is 55.7 cm³/mol. The van der Waals surface area contributed by atoms with Crippen molar-refractivity contribution in [1.82, 2.24) is 0 Å². The van der Waals surface area contributed by atoms with Crippen LogP contribution in [0.15, 0.2) is 0 Å². The summed E-state index contributed by atoms with van der Waals surface area (Å²) in [6.07, 6.45) is 0. The third-order valence-electron chi connectivity index (χ3n) is 0. The van der Waals surface area contributed by atoms with Crippen molar-refractivity contribution >= 4 is 26.1 Å². The van der Waals surface area contributed by atoms with E-state index in [1.807, 2.05) is 0 Å². The van der Waals surface area contributed by atoms with Gasteiger partial charge in [-0.3, -0.25) is 0 Å². The summed E-state index contributed by atoms with van der Waals surface area (Å²) in [5, 5.41) is 0. The second kappa shape index (κ2) is 23.2. The maximum absolute atomic E-state index is 8.46. The first-order chi connectivity index (χ1) is 6.24. The molecule has 0 saturated heterocycles. The summed E-state index contributed by atoms with van der Waals surface area (Å²) in [5.41, 5.74) is 0. The van der Waals surface area contributed by atoms with Crippen molar-refractivity contribution in [2.45, 2.75) is 0 Å². The quantitative estimate of drug-likeness (QED) is 0.448. The van der Waals surface area contributed by atoms with E-state index in [-0.39, 0.29) is 2.85 Å². The van der Waals surface area contributed by atoms with Crippen molar-refractivity contribution in [2.75, 3.05) is 28.2 Å². The van der Waals surface area contributed by atoms with Gasteiger partial charge in [0.25, 0.3) is 0 Å². The van der Waals surface area contributed by atoms with Gasteiger partial charge < -0.3 is 19.2 Å². The van der Waals surface area contributed by atoms with Crippen LogP contribution < -0.4 is 0 Å². The number of rotatable bonds is 0. The monoisotopic (exact) mass is 268 g/mol. The average Bonchev–Trinajstić information content (AvgIpc) is 1.86. The molecular formula is C4H17NO6P3+3. The molecule has 0 aromatic heterocycles. The van der Waals surface area contributed by atoms with Crippen molar-refractivity contribution in [1.29, 1.82) is 0 Å². The van der Waals surface area contributed by atoms with Gasteiger partial charge in [-0.15, -0.1) is 0 Å². The molecule has 0 amide bonds. The van der Waals surface area contributed by atoms with E-state index < -0.39 is 26.1 Å². The van der Waals surface area contributed by atoms with E-state index in [9.17, 15) is 0 Å². The third-order valence-corrected chi connectivity index (χ3v) is 0. The predicted octanol–water partition coefficient (Wildman–Crippen LogP) is 1.10. The van der Waals surface area contributed by atoms with Gasteiger partial charge in [0.2, 0.25) is 0 Å². The molecule has 0 radical (unpaired) electrons. The lowest BCUT2D eigenvalue weighted by Gasteiger charge is -2.14. The first-order valence-electron chi connectivity index (χ1n) is 2.94. The van der Waals surface area contributed by atoms with Crippen molar-refractivity contribution in [3.05, 3.63) is 0 Å². The average molecular weight is 268 g/mol. The SMILES string of the molecule is C[N+](C)(C)C.O=PO.O=PO.O=PO.[H+].[H+]. The van der Waals surface area contributed by atoms with Gasteiger partial charge in [0.15, 0.2) is 0 Å². The Morgan fingerprint density at radius 2 is 0.786 bits per heavy atom. The van der Waals surface area contributed by atoms with Crippen LogP contribution in [0.25, 0.3) is 0 Å². The summed E-state index contributed by atoms with van der Waals surface area (Å²) >= 11 is 0. The lowest BCUT2D eigenvalue weighted by Crippen LogP contribution is -2.27. The van der Waals surface area contributed by atoms with Gasteiger partial charge >= 0.3 is 28.9 Å². The third kappa shape index (κ3) is 76900. The normalized spacial score (nSPS) is 8.79. The van der Waals surface area contributed by atoms with Gasteiger partial charge in [-0.05, 0) is 0 Å². The highest BCUT2D eigenvalue weighted by Crippen LogP contribution is 1.73. The van der Waals surface area contributed by atoms with Gasteiger partial charge in [0.05, 0.1) is 28.2 Å². The highest BCUT2D eigenvalue weighted by molar-refractivity contribution is 7.16. The number of hydrogen-bond donors (Lipinski definition) is 3. The molecule has 0 fully saturated rings. The Labute approximate surface area is 90.8 Å². The number of hydrogen-bond acceptors (Lipinski definition) is 3. The molecule has 0 rings (SSSR count). The van der Waals surface area contributed by atoms with E-state index in [2.05, 4.69) is 28.2 Å². The topological polar surface area (TPSA) is 112 Å². The van der Waals surface area contributed by atoms with E-state index in [0.717, 1.165) is 4.48 Å². The first-order valence-corrected chi connectivity index (χ1v) is 5.23. The molecule has 0 bridgehead atoms. The van der Waals surface area contributed by atoms with Crippen molar-refractivity contribution < 1.29 is 35.7 Å². The fraction of sp³-hybridized carbons (Fsp3) is 1.00. The summed E-state index contributed by atoms with van der Waals surface area (Å²) in [5.74, 6) is 0. The zero-order valence-corrected chi connectivity index (χ0v) is 11.0. The van der Waals surface area contributed by atoms with Crippen LogP contribution in [0.1, 0.15) is 2.85 Å². The van der Waals surface area contributed by atoms with Crippen LogP contribution in [0.3, 0.4) is 0 Å². The Balaban J connectivity index is -0.0000000206. The van der Waals surface area contributed by atoms with E-state index in [1.54, 1.807) is 0 Å². The lowest BCUT2D eigenvalue weighted by molar-refractivity contribution is -0.849. The lowest BCUT2D eigenvalue weighted by atomic mass is 10.8. The van der Waals surface area contributed by atoms with Crippen LogP contribution in [0, 0.1) is 0 Å². The largest absolute Gasteiger partial charge is 1.00 e. The maximum Gasteiger partial charge on any atom is 1.00 e. The molecule has 7 nitrogen and oxygen atoms in total. The van der Waals surface area contributed by atoms with Gasteiger partial charge in [0, 0.05) is 0 Å². The Kier molecular flexibility index (Phi) is 39.3. The molecule has 0 aromatic rings. The standard InChI is InChI=1S/C4H12N.3HO2P/c1-5(2,3)4;3*1-3-2/h1-4H3;3*(H,1,2)/q+1;;;/p+2. The number of quaternary nitrogens is 1.